The predicted molar refractivity (Wildman–Crippen MR) is 86.1 cm³/mol. The average molecular weight is 271 g/mol. The van der Waals surface area contributed by atoms with Gasteiger partial charge in [0, 0.05) is 6.61 Å². The maximum absolute atomic E-state index is 5.91. The number of rotatable bonds is 7. The van der Waals surface area contributed by atoms with Gasteiger partial charge in [-0.15, -0.1) is 0 Å². The number of nitrogens with one attached hydrogen (secondary N) is 1. The minimum Gasteiger partial charge on any atom is -0.377 e. The van der Waals surface area contributed by atoms with Gasteiger partial charge in [-0.1, -0.05) is 50.2 Å². The minimum atomic E-state index is 0.223. The highest BCUT2D eigenvalue weighted by Gasteiger charge is 2.21. The van der Waals surface area contributed by atoms with E-state index < -0.39 is 0 Å². The second-order valence-electron chi connectivity index (χ2n) is 5.04. The first kappa shape index (κ1) is 15.0. The Kier molecular flexibility index (Phi) is 5.57. The van der Waals surface area contributed by atoms with Gasteiger partial charge in [0.2, 0.25) is 0 Å². The van der Waals surface area contributed by atoms with Gasteiger partial charge < -0.3 is 10.1 Å². The Morgan fingerprint density at radius 3 is 2.40 bits per heavy atom. The molecule has 0 aromatic heterocycles. The number of benzene rings is 2. The van der Waals surface area contributed by atoms with Crippen LogP contribution in [0.15, 0.2) is 42.5 Å². The quantitative estimate of drug-likeness (QED) is 0.810. The molecule has 0 spiro atoms. The zero-order valence-corrected chi connectivity index (χ0v) is 12.7. The summed E-state index contributed by atoms with van der Waals surface area (Å²) in [5, 5.41) is 6.15. The summed E-state index contributed by atoms with van der Waals surface area (Å²) in [6.45, 7) is 8.10. The van der Waals surface area contributed by atoms with Gasteiger partial charge in [-0.05, 0) is 42.3 Å². The molecule has 0 heterocycles. The summed E-state index contributed by atoms with van der Waals surface area (Å²) in [6.07, 6.45) is 1.24. The van der Waals surface area contributed by atoms with Gasteiger partial charge in [0.25, 0.3) is 0 Å². The molecule has 1 N–H and O–H groups in total. The van der Waals surface area contributed by atoms with E-state index >= 15 is 0 Å². The lowest BCUT2D eigenvalue weighted by molar-refractivity contribution is 0.0318. The van der Waals surface area contributed by atoms with Gasteiger partial charge in [-0.3, -0.25) is 0 Å². The fourth-order valence-corrected chi connectivity index (χ4v) is 2.75. The van der Waals surface area contributed by atoms with Crippen molar-refractivity contribution in [2.45, 2.75) is 39.3 Å². The van der Waals surface area contributed by atoms with Crippen LogP contribution in [0.2, 0.25) is 0 Å². The van der Waals surface area contributed by atoms with Gasteiger partial charge in [-0.2, -0.15) is 0 Å². The van der Waals surface area contributed by atoms with Gasteiger partial charge in [0.1, 0.15) is 0 Å². The SMILES string of the molecule is CCNC(c1ccc2ccccc2c1)C(CC)OCC. The topological polar surface area (TPSA) is 21.3 Å². The summed E-state index contributed by atoms with van der Waals surface area (Å²) in [5.74, 6) is 0. The Morgan fingerprint density at radius 1 is 1.00 bits per heavy atom. The molecule has 0 bridgehead atoms. The Balaban J connectivity index is 2.34. The van der Waals surface area contributed by atoms with Crippen LogP contribution in [0.4, 0.5) is 0 Å². The smallest absolute Gasteiger partial charge is 0.0766 e. The van der Waals surface area contributed by atoms with Crippen molar-refractivity contribution in [1.82, 2.24) is 5.32 Å². The van der Waals surface area contributed by atoms with Crippen molar-refractivity contribution in [3.05, 3.63) is 48.0 Å². The first-order valence-corrected chi connectivity index (χ1v) is 7.63. The second kappa shape index (κ2) is 7.41. The summed E-state index contributed by atoms with van der Waals surface area (Å²) in [4.78, 5) is 0. The van der Waals surface area contributed by atoms with E-state index in [9.17, 15) is 0 Å². The van der Waals surface area contributed by atoms with Crippen molar-refractivity contribution in [2.75, 3.05) is 13.2 Å². The Morgan fingerprint density at radius 2 is 1.75 bits per heavy atom. The maximum Gasteiger partial charge on any atom is 0.0766 e. The van der Waals surface area contributed by atoms with Crippen LogP contribution in [0.5, 0.6) is 0 Å². The zero-order valence-electron chi connectivity index (χ0n) is 12.7. The lowest BCUT2D eigenvalue weighted by Crippen LogP contribution is -2.33. The maximum atomic E-state index is 5.91. The highest BCUT2D eigenvalue weighted by atomic mass is 16.5. The molecule has 0 saturated carbocycles. The van der Waals surface area contributed by atoms with Crippen molar-refractivity contribution in [3.8, 4) is 0 Å². The molecule has 2 heteroatoms. The van der Waals surface area contributed by atoms with Crippen LogP contribution >= 0.6 is 0 Å². The fourth-order valence-electron chi connectivity index (χ4n) is 2.75. The zero-order chi connectivity index (χ0) is 14.4. The molecule has 2 aromatic rings. The molecule has 0 aliphatic carbocycles. The Hall–Kier alpha value is -1.38. The summed E-state index contributed by atoms with van der Waals surface area (Å²) in [5.41, 5.74) is 1.31. The highest BCUT2D eigenvalue weighted by Crippen LogP contribution is 2.25. The molecule has 0 radical (unpaired) electrons. The van der Waals surface area contributed by atoms with E-state index in [0.717, 1.165) is 19.6 Å². The molecule has 2 atom stereocenters. The number of likely N-dealkylation sites (N-methyl/N-ethyl adjacent to an activating group) is 1. The number of hydrogen-bond donors (Lipinski definition) is 1. The molecular weight excluding hydrogens is 246 g/mol. The van der Waals surface area contributed by atoms with E-state index in [0.29, 0.717) is 0 Å². The molecule has 0 saturated heterocycles. The number of ether oxygens (including phenoxy) is 1. The number of fused-ring (bicyclic) bond motifs is 1. The summed E-state index contributed by atoms with van der Waals surface area (Å²) >= 11 is 0. The van der Waals surface area contributed by atoms with E-state index in [-0.39, 0.29) is 12.1 Å². The molecular formula is C18H25NO. The van der Waals surface area contributed by atoms with Crippen molar-refractivity contribution in [1.29, 1.82) is 0 Å². The van der Waals surface area contributed by atoms with Crippen molar-refractivity contribution in [2.24, 2.45) is 0 Å². The normalized spacial score (nSPS) is 14.3. The molecule has 2 rings (SSSR count). The molecule has 0 amide bonds. The predicted octanol–water partition coefficient (Wildman–Crippen LogP) is 4.31. The summed E-state index contributed by atoms with van der Waals surface area (Å²) in [7, 11) is 0. The molecule has 108 valence electrons. The largest absolute Gasteiger partial charge is 0.377 e. The molecule has 20 heavy (non-hydrogen) atoms. The Bertz CT molecular complexity index is 538. The van der Waals surface area contributed by atoms with Gasteiger partial charge in [0.15, 0.2) is 0 Å². The Labute approximate surface area is 122 Å². The van der Waals surface area contributed by atoms with Gasteiger partial charge >= 0.3 is 0 Å². The van der Waals surface area contributed by atoms with E-state index in [2.05, 4.69) is 68.6 Å². The van der Waals surface area contributed by atoms with Crippen LogP contribution in [-0.2, 0) is 4.74 Å². The number of hydrogen-bond acceptors (Lipinski definition) is 2. The van der Waals surface area contributed by atoms with E-state index in [1.165, 1.54) is 16.3 Å². The third kappa shape index (κ3) is 3.38. The second-order valence-corrected chi connectivity index (χ2v) is 5.04. The summed E-state index contributed by atoms with van der Waals surface area (Å²) < 4.78 is 5.91. The van der Waals surface area contributed by atoms with E-state index in [4.69, 9.17) is 4.74 Å². The van der Waals surface area contributed by atoms with Gasteiger partial charge in [-0.25, -0.2) is 0 Å². The minimum absolute atomic E-state index is 0.223. The molecule has 2 unspecified atom stereocenters. The highest BCUT2D eigenvalue weighted by molar-refractivity contribution is 5.83. The van der Waals surface area contributed by atoms with Crippen LogP contribution in [0.1, 0.15) is 38.8 Å². The van der Waals surface area contributed by atoms with Crippen molar-refractivity contribution < 1.29 is 4.74 Å². The first-order chi connectivity index (χ1) is 9.80. The van der Waals surface area contributed by atoms with Crippen molar-refractivity contribution in [3.63, 3.8) is 0 Å². The molecule has 2 aromatic carbocycles. The first-order valence-electron chi connectivity index (χ1n) is 7.63. The van der Waals surface area contributed by atoms with Crippen LogP contribution in [0.25, 0.3) is 10.8 Å². The molecule has 2 nitrogen and oxygen atoms in total. The molecule has 0 aliphatic rings. The molecule has 0 fully saturated rings. The van der Waals surface area contributed by atoms with E-state index in [1.807, 2.05) is 0 Å². The van der Waals surface area contributed by atoms with E-state index in [1.54, 1.807) is 0 Å². The van der Waals surface area contributed by atoms with Crippen LogP contribution in [0, 0.1) is 0 Å². The van der Waals surface area contributed by atoms with Crippen LogP contribution in [-0.4, -0.2) is 19.3 Å². The average Bonchev–Trinajstić information content (AvgIpc) is 2.50. The lowest BCUT2D eigenvalue weighted by atomic mass is 9.96. The van der Waals surface area contributed by atoms with Crippen molar-refractivity contribution >= 4 is 10.8 Å². The third-order valence-electron chi connectivity index (χ3n) is 3.71. The van der Waals surface area contributed by atoms with Crippen LogP contribution < -0.4 is 5.32 Å². The fraction of sp³-hybridized carbons (Fsp3) is 0.444. The van der Waals surface area contributed by atoms with Crippen LogP contribution in [0.3, 0.4) is 0 Å². The lowest BCUT2D eigenvalue weighted by Gasteiger charge is -2.27. The monoisotopic (exact) mass is 271 g/mol. The third-order valence-corrected chi connectivity index (χ3v) is 3.71. The van der Waals surface area contributed by atoms with Gasteiger partial charge in [0.05, 0.1) is 12.1 Å². The summed E-state index contributed by atoms with van der Waals surface area (Å²) in [6, 6.07) is 15.5. The molecule has 0 aliphatic heterocycles. The standard InChI is InChI=1S/C18H25NO/c1-4-17(20-6-3)18(19-5-2)16-12-11-14-9-7-8-10-15(14)13-16/h7-13,17-19H,4-6H2,1-3H3.